The van der Waals surface area contributed by atoms with Gasteiger partial charge in [-0.15, -0.1) is 0 Å². The second-order valence-electron chi connectivity index (χ2n) is 4.79. The van der Waals surface area contributed by atoms with Crippen molar-refractivity contribution in [3.05, 3.63) is 35.4 Å². The van der Waals surface area contributed by atoms with Crippen LogP contribution in [0.2, 0.25) is 0 Å². The number of carbonyl (C=O) groups excluding carboxylic acids is 3. The van der Waals surface area contributed by atoms with Crippen LogP contribution in [0, 0.1) is 5.41 Å². The van der Waals surface area contributed by atoms with Gasteiger partial charge in [0.15, 0.2) is 11.6 Å². The largest absolute Gasteiger partial charge is 0.365 e. The molecule has 0 saturated carbocycles. The third kappa shape index (κ3) is 1.69. The van der Waals surface area contributed by atoms with E-state index >= 15 is 0 Å². The van der Waals surface area contributed by atoms with Crippen LogP contribution in [0.25, 0.3) is 0 Å². The van der Waals surface area contributed by atoms with E-state index in [1.165, 1.54) is 12.1 Å². The molecule has 0 aromatic heterocycles. The maximum atomic E-state index is 12.5. The molecule has 0 amide bonds. The molecule has 20 heavy (non-hydrogen) atoms. The van der Waals surface area contributed by atoms with Gasteiger partial charge in [-0.25, -0.2) is 4.79 Å². The van der Waals surface area contributed by atoms with E-state index in [0.717, 1.165) is 0 Å². The van der Waals surface area contributed by atoms with Crippen molar-refractivity contribution in [1.29, 1.82) is 0 Å². The zero-order valence-corrected chi connectivity index (χ0v) is 11.0. The van der Waals surface area contributed by atoms with Crippen molar-refractivity contribution in [3.63, 3.8) is 0 Å². The van der Waals surface area contributed by atoms with Crippen molar-refractivity contribution in [2.75, 3.05) is 0 Å². The maximum absolute atomic E-state index is 12.5. The lowest BCUT2D eigenvalue weighted by Crippen LogP contribution is -2.55. The predicted octanol–water partition coefficient (Wildman–Crippen LogP) is 1.20. The molecule has 1 aromatic rings. The zero-order chi connectivity index (χ0) is 14.9. The van der Waals surface area contributed by atoms with Gasteiger partial charge in [0.05, 0.1) is 0 Å². The summed E-state index contributed by atoms with van der Waals surface area (Å²) in [5.74, 6) is -2.74. The molecule has 1 aromatic carbocycles. The Labute approximate surface area is 115 Å². The summed E-state index contributed by atoms with van der Waals surface area (Å²) in [7, 11) is 0. The van der Waals surface area contributed by atoms with Gasteiger partial charge in [0, 0.05) is 17.2 Å². The van der Waals surface area contributed by atoms with E-state index in [1.54, 1.807) is 12.1 Å². The van der Waals surface area contributed by atoms with Gasteiger partial charge in [0.1, 0.15) is 0 Å². The summed E-state index contributed by atoms with van der Waals surface area (Å²) >= 11 is 0. The van der Waals surface area contributed by atoms with Crippen molar-refractivity contribution in [2.45, 2.75) is 25.8 Å². The van der Waals surface area contributed by atoms with Gasteiger partial charge < -0.3 is 5.73 Å². The molecule has 2 rings (SSSR count). The van der Waals surface area contributed by atoms with E-state index in [0.29, 0.717) is 6.42 Å². The molecule has 0 spiro atoms. The van der Waals surface area contributed by atoms with Gasteiger partial charge >= 0.3 is 5.97 Å². The number of nitrogens with two attached hydrogens (primary N) is 1. The summed E-state index contributed by atoms with van der Waals surface area (Å²) in [6.07, 6.45) is 0.860. The highest BCUT2D eigenvalue weighted by Gasteiger charge is 2.63. The molecule has 1 aliphatic rings. The van der Waals surface area contributed by atoms with E-state index in [-0.39, 0.29) is 17.5 Å². The molecule has 3 N–H and O–H groups in total. The third-order valence-corrected chi connectivity index (χ3v) is 3.69. The van der Waals surface area contributed by atoms with E-state index in [2.05, 4.69) is 4.89 Å². The Morgan fingerprint density at radius 2 is 1.80 bits per heavy atom. The number of fused-ring (bicyclic) bond motifs is 1. The number of carbonyl (C=O) groups is 3. The summed E-state index contributed by atoms with van der Waals surface area (Å²) in [6.45, 7) is 1.81. The zero-order valence-electron chi connectivity index (χ0n) is 11.0. The van der Waals surface area contributed by atoms with Crippen LogP contribution in [0.15, 0.2) is 24.3 Å². The second-order valence-corrected chi connectivity index (χ2v) is 4.79. The van der Waals surface area contributed by atoms with Crippen molar-refractivity contribution in [1.82, 2.24) is 0 Å². The Bertz CT molecular complexity index is 546. The third-order valence-electron chi connectivity index (χ3n) is 3.69. The lowest BCUT2D eigenvalue weighted by molar-refractivity contribution is -0.241. The van der Waals surface area contributed by atoms with E-state index < -0.39 is 29.0 Å². The normalized spacial score (nSPS) is 17.8. The number of ketones is 2. The minimum Gasteiger partial charge on any atom is -0.326 e. The Morgan fingerprint density at radius 1 is 1.30 bits per heavy atom. The number of hydrogen-bond acceptors (Lipinski definition) is 6. The predicted molar refractivity (Wildman–Crippen MR) is 69.1 cm³/mol. The maximum Gasteiger partial charge on any atom is 0.365 e. The molecule has 0 heterocycles. The smallest absolute Gasteiger partial charge is 0.326 e. The van der Waals surface area contributed by atoms with Gasteiger partial charge in [-0.2, -0.15) is 5.26 Å². The molecular weight excluding hydrogens is 262 g/mol. The number of Topliss-reactive ketones (excluding diaryl/α,β-unsaturated/α-hetero) is 2. The van der Waals surface area contributed by atoms with Crippen LogP contribution in [-0.2, 0) is 9.68 Å². The fourth-order valence-electron chi connectivity index (χ4n) is 2.68. The first-order chi connectivity index (χ1) is 9.51. The fourth-order valence-corrected chi connectivity index (χ4v) is 2.68. The first-order valence-electron chi connectivity index (χ1n) is 6.31. The average Bonchev–Trinajstić information content (AvgIpc) is 2.69. The number of hydrogen-bond donors (Lipinski definition) is 2. The topological polar surface area (TPSA) is 107 Å². The van der Waals surface area contributed by atoms with Crippen molar-refractivity contribution < 1.29 is 24.5 Å². The van der Waals surface area contributed by atoms with Crippen LogP contribution < -0.4 is 5.73 Å². The summed E-state index contributed by atoms with van der Waals surface area (Å²) in [5.41, 5.74) is 4.00. The van der Waals surface area contributed by atoms with Crippen LogP contribution in [0.5, 0.6) is 0 Å². The van der Waals surface area contributed by atoms with Crippen LogP contribution in [0.4, 0.5) is 0 Å². The SMILES string of the molecule is CCCC(N)C1(C(=O)OO)C(=O)c2ccccc2C1=O. The minimum atomic E-state index is -2.17. The summed E-state index contributed by atoms with van der Waals surface area (Å²) < 4.78 is 0. The quantitative estimate of drug-likeness (QED) is 0.486. The lowest BCUT2D eigenvalue weighted by atomic mass is 9.74. The molecule has 0 radical (unpaired) electrons. The van der Waals surface area contributed by atoms with Gasteiger partial charge in [0.25, 0.3) is 0 Å². The van der Waals surface area contributed by atoms with E-state index in [1.807, 2.05) is 6.92 Å². The fraction of sp³-hybridized carbons (Fsp3) is 0.357. The Morgan fingerprint density at radius 3 is 2.20 bits per heavy atom. The van der Waals surface area contributed by atoms with Crippen LogP contribution in [-0.4, -0.2) is 28.8 Å². The van der Waals surface area contributed by atoms with Crippen molar-refractivity contribution in [2.24, 2.45) is 11.1 Å². The Kier molecular flexibility index (Phi) is 3.69. The highest BCUT2D eigenvalue weighted by molar-refractivity contribution is 6.38. The summed E-state index contributed by atoms with van der Waals surface area (Å²) in [5, 5.41) is 8.68. The summed E-state index contributed by atoms with van der Waals surface area (Å²) in [6, 6.07) is 5.06. The Hall–Kier alpha value is -2.05. The molecule has 6 nitrogen and oxygen atoms in total. The molecule has 0 fully saturated rings. The molecule has 1 aliphatic carbocycles. The molecular formula is C14H15NO5. The highest BCUT2D eigenvalue weighted by atomic mass is 17.1. The molecule has 0 bridgehead atoms. The van der Waals surface area contributed by atoms with Gasteiger partial charge in [0.2, 0.25) is 5.41 Å². The van der Waals surface area contributed by atoms with Gasteiger partial charge in [-0.1, -0.05) is 37.6 Å². The van der Waals surface area contributed by atoms with Crippen LogP contribution in [0.1, 0.15) is 40.5 Å². The van der Waals surface area contributed by atoms with E-state index in [9.17, 15) is 14.4 Å². The molecule has 1 atom stereocenters. The molecule has 106 valence electrons. The first-order valence-corrected chi connectivity index (χ1v) is 6.31. The van der Waals surface area contributed by atoms with Gasteiger partial charge in [-0.05, 0) is 6.42 Å². The Balaban J connectivity index is 2.63. The standard InChI is InChI=1S/C14H15NO5/c1-2-5-10(15)14(13(18)20-19)11(16)8-6-3-4-7-9(8)12(14)17/h3-4,6-7,10,19H,2,5,15H2,1H3. The molecule has 0 aliphatic heterocycles. The second kappa shape index (κ2) is 5.15. The highest BCUT2D eigenvalue weighted by Crippen LogP contribution is 2.41. The van der Waals surface area contributed by atoms with Crippen molar-refractivity contribution >= 4 is 17.5 Å². The van der Waals surface area contributed by atoms with E-state index in [4.69, 9.17) is 11.0 Å². The number of rotatable bonds is 4. The first kappa shape index (κ1) is 14.4. The van der Waals surface area contributed by atoms with Crippen molar-refractivity contribution in [3.8, 4) is 0 Å². The molecule has 6 heteroatoms. The molecule has 0 saturated heterocycles. The monoisotopic (exact) mass is 277 g/mol. The van der Waals surface area contributed by atoms with Gasteiger partial charge in [-0.3, -0.25) is 14.5 Å². The van der Waals surface area contributed by atoms with Crippen LogP contribution >= 0.6 is 0 Å². The minimum absolute atomic E-state index is 0.134. The average molecular weight is 277 g/mol. The van der Waals surface area contributed by atoms with Crippen LogP contribution in [0.3, 0.4) is 0 Å². The number of benzene rings is 1. The summed E-state index contributed by atoms with van der Waals surface area (Å²) in [4.78, 5) is 40.7. The molecule has 1 unspecified atom stereocenters. The lowest BCUT2D eigenvalue weighted by Gasteiger charge is -2.28.